The quantitative estimate of drug-likeness (QED) is 0.606. The van der Waals surface area contributed by atoms with E-state index in [2.05, 4.69) is 15.3 Å². The first kappa shape index (κ1) is 7.97. The fraction of sp³-hybridized carbons (Fsp3) is 0.375. The number of nitrogens with two attached hydrogens (primary N) is 1. The van der Waals surface area contributed by atoms with Gasteiger partial charge in [0.1, 0.15) is 5.82 Å². The van der Waals surface area contributed by atoms with Gasteiger partial charge in [-0.25, -0.2) is 4.98 Å². The SMILES string of the molecule is C[C@@H]1CC(=O)Nc2nc(N)ncc21. The van der Waals surface area contributed by atoms with Crippen molar-refractivity contribution in [2.24, 2.45) is 0 Å². The van der Waals surface area contributed by atoms with Gasteiger partial charge in [0, 0.05) is 18.2 Å². The fourth-order valence-corrected chi connectivity index (χ4v) is 1.44. The van der Waals surface area contributed by atoms with E-state index in [1.807, 2.05) is 6.92 Å². The van der Waals surface area contributed by atoms with Gasteiger partial charge in [-0.2, -0.15) is 4.98 Å². The van der Waals surface area contributed by atoms with Crippen LogP contribution in [0.4, 0.5) is 11.8 Å². The molecule has 13 heavy (non-hydrogen) atoms. The van der Waals surface area contributed by atoms with E-state index in [-0.39, 0.29) is 17.8 Å². The van der Waals surface area contributed by atoms with Crippen LogP contribution in [0, 0.1) is 0 Å². The number of hydrogen-bond acceptors (Lipinski definition) is 4. The molecule has 1 aromatic rings. The van der Waals surface area contributed by atoms with Crippen molar-refractivity contribution >= 4 is 17.7 Å². The van der Waals surface area contributed by atoms with Crippen molar-refractivity contribution in [3.63, 3.8) is 0 Å². The Bertz CT molecular complexity index is 363. The standard InChI is InChI=1S/C8H10N4O/c1-4-2-6(13)11-7-5(4)3-10-8(9)12-7/h3-4H,2H2,1H3,(H3,9,10,11,12,13)/t4-/m1/s1. The average Bonchev–Trinajstić information content (AvgIpc) is 2.02. The largest absolute Gasteiger partial charge is 0.368 e. The molecule has 0 fully saturated rings. The monoisotopic (exact) mass is 178 g/mol. The van der Waals surface area contributed by atoms with Gasteiger partial charge in [-0.1, -0.05) is 6.92 Å². The third-order valence-corrected chi connectivity index (χ3v) is 2.12. The molecule has 0 saturated carbocycles. The lowest BCUT2D eigenvalue weighted by Gasteiger charge is -2.20. The molecule has 0 saturated heterocycles. The van der Waals surface area contributed by atoms with Crippen LogP contribution in [-0.4, -0.2) is 15.9 Å². The van der Waals surface area contributed by atoms with E-state index >= 15 is 0 Å². The smallest absolute Gasteiger partial charge is 0.226 e. The highest BCUT2D eigenvalue weighted by atomic mass is 16.1. The number of nitrogen functional groups attached to an aromatic ring is 1. The molecule has 0 radical (unpaired) electrons. The molecule has 68 valence electrons. The topological polar surface area (TPSA) is 80.9 Å². The van der Waals surface area contributed by atoms with Crippen molar-refractivity contribution in [2.75, 3.05) is 11.1 Å². The number of amides is 1. The average molecular weight is 178 g/mol. The predicted octanol–water partition coefficient (Wildman–Crippen LogP) is 0.504. The Hall–Kier alpha value is -1.65. The Morgan fingerprint density at radius 1 is 1.69 bits per heavy atom. The summed E-state index contributed by atoms with van der Waals surface area (Å²) < 4.78 is 0. The maximum atomic E-state index is 11.1. The molecule has 0 bridgehead atoms. The second kappa shape index (κ2) is 2.69. The molecule has 3 N–H and O–H groups in total. The van der Waals surface area contributed by atoms with Gasteiger partial charge < -0.3 is 11.1 Å². The Kier molecular flexibility index (Phi) is 1.65. The van der Waals surface area contributed by atoms with Crippen LogP contribution in [0.1, 0.15) is 24.8 Å². The molecule has 2 heterocycles. The van der Waals surface area contributed by atoms with Gasteiger partial charge in [0.25, 0.3) is 0 Å². The maximum absolute atomic E-state index is 11.1. The van der Waals surface area contributed by atoms with Gasteiger partial charge >= 0.3 is 0 Å². The van der Waals surface area contributed by atoms with Crippen molar-refractivity contribution in [3.8, 4) is 0 Å². The van der Waals surface area contributed by atoms with E-state index in [1.165, 1.54) is 0 Å². The summed E-state index contributed by atoms with van der Waals surface area (Å²) in [6, 6.07) is 0. The number of nitrogens with one attached hydrogen (secondary N) is 1. The van der Waals surface area contributed by atoms with Crippen LogP contribution in [0.3, 0.4) is 0 Å². The maximum Gasteiger partial charge on any atom is 0.226 e. The first-order valence-corrected chi connectivity index (χ1v) is 4.09. The minimum Gasteiger partial charge on any atom is -0.368 e. The number of aromatic nitrogens is 2. The summed E-state index contributed by atoms with van der Waals surface area (Å²) in [7, 11) is 0. The van der Waals surface area contributed by atoms with Gasteiger partial charge in [0.2, 0.25) is 11.9 Å². The minimum atomic E-state index is -0.0156. The van der Waals surface area contributed by atoms with Crippen LogP contribution in [0.5, 0.6) is 0 Å². The summed E-state index contributed by atoms with van der Waals surface area (Å²) in [6.45, 7) is 1.97. The molecule has 1 amide bonds. The minimum absolute atomic E-state index is 0.0156. The number of nitrogens with zero attached hydrogens (tertiary/aromatic N) is 2. The lowest BCUT2D eigenvalue weighted by molar-refractivity contribution is -0.116. The third kappa shape index (κ3) is 1.32. The first-order chi connectivity index (χ1) is 6.16. The second-order valence-corrected chi connectivity index (χ2v) is 3.19. The predicted molar refractivity (Wildman–Crippen MR) is 48.1 cm³/mol. The van der Waals surface area contributed by atoms with E-state index in [0.717, 1.165) is 5.56 Å². The van der Waals surface area contributed by atoms with Crippen molar-refractivity contribution < 1.29 is 4.79 Å². The van der Waals surface area contributed by atoms with Crippen molar-refractivity contribution in [2.45, 2.75) is 19.3 Å². The summed E-state index contributed by atoms with van der Waals surface area (Å²) in [5.74, 6) is 0.895. The number of anilines is 2. The lowest BCUT2D eigenvalue weighted by Crippen LogP contribution is -2.23. The number of carbonyl (C=O) groups is 1. The number of rotatable bonds is 0. The molecule has 5 heteroatoms. The zero-order chi connectivity index (χ0) is 9.42. The molecule has 2 rings (SSSR count). The van der Waals surface area contributed by atoms with Crippen LogP contribution in [0.2, 0.25) is 0 Å². The zero-order valence-electron chi connectivity index (χ0n) is 7.24. The highest BCUT2D eigenvalue weighted by Gasteiger charge is 2.22. The normalized spacial score (nSPS) is 20.7. The summed E-state index contributed by atoms with van der Waals surface area (Å²) in [5.41, 5.74) is 6.35. The summed E-state index contributed by atoms with van der Waals surface area (Å²) in [6.07, 6.45) is 2.15. The molecular formula is C8H10N4O. The van der Waals surface area contributed by atoms with Gasteiger partial charge in [-0.3, -0.25) is 4.79 Å². The molecule has 0 aliphatic carbocycles. The molecule has 1 aliphatic heterocycles. The van der Waals surface area contributed by atoms with E-state index in [0.29, 0.717) is 12.2 Å². The molecule has 0 unspecified atom stereocenters. The number of fused-ring (bicyclic) bond motifs is 1. The molecule has 1 aromatic heterocycles. The van der Waals surface area contributed by atoms with Crippen molar-refractivity contribution in [1.29, 1.82) is 0 Å². The highest BCUT2D eigenvalue weighted by molar-refractivity contribution is 5.93. The Labute approximate surface area is 75.4 Å². The third-order valence-electron chi connectivity index (χ3n) is 2.12. The van der Waals surface area contributed by atoms with E-state index < -0.39 is 0 Å². The molecule has 5 nitrogen and oxygen atoms in total. The second-order valence-electron chi connectivity index (χ2n) is 3.19. The lowest BCUT2D eigenvalue weighted by atomic mass is 9.96. The van der Waals surface area contributed by atoms with Gasteiger partial charge in [0.15, 0.2) is 0 Å². The Morgan fingerprint density at radius 3 is 3.23 bits per heavy atom. The molecule has 1 aliphatic rings. The van der Waals surface area contributed by atoms with Crippen LogP contribution in [0.15, 0.2) is 6.20 Å². The molecular weight excluding hydrogens is 168 g/mol. The molecule has 1 atom stereocenters. The fourth-order valence-electron chi connectivity index (χ4n) is 1.44. The van der Waals surface area contributed by atoms with E-state index in [4.69, 9.17) is 5.73 Å². The summed E-state index contributed by atoms with van der Waals surface area (Å²) in [4.78, 5) is 19.0. The highest BCUT2D eigenvalue weighted by Crippen LogP contribution is 2.29. The number of carbonyl (C=O) groups excluding carboxylic acids is 1. The summed E-state index contributed by atoms with van der Waals surface area (Å²) >= 11 is 0. The Morgan fingerprint density at radius 2 is 2.46 bits per heavy atom. The summed E-state index contributed by atoms with van der Waals surface area (Å²) in [5, 5.41) is 2.66. The van der Waals surface area contributed by atoms with E-state index in [9.17, 15) is 4.79 Å². The molecule has 0 spiro atoms. The zero-order valence-corrected chi connectivity index (χ0v) is 7.24. The van der Waals surface area contributed by atoms with Gasteiger partial charge in [-0.05, 0) is 5.92 Å². The number of hydrogen-bond donors (Lipinski definition) is 2. The Balaban J connectivity index is 2.49. The van der Waals surface area contributed by atoms with Gasteiger partial charge in [0.05, 0.1) is 0 Å². The van der Waals surface area contributed by atoms with Crippen LogP contribution < -0.4 is 11.1 Å². The van der Waals surface area contributed by atoms with Gasteiger partial charge in [-0.15, -0.1) is 0 Å². The van der Waals surface area contributed by atoms with Crippen LogP contribution >= 0.6 is 0 Å². The van der Waals surface area contributed by atoms with Crippen molar-refractivity contribution in [3.05, 3.63) is 11.8 Å². The first-order valence-electron chi connectivity index (χ1n) is 4.09. The van der Waals surface area contributed by atoms with E-state index in [1.54, 1.807) is 6.20 Å². The van der Waals surface area contributed by atoms with Crippen LogP contribution in [0.25, 0.3) is 0 Å². The van der Waals surface area contributed by atoms with Crippen LogP contribution in [-0.2, 0) is 4.79 Å². The van der Waals surface area contributed by atoms with Crippen molar-refractivity contribution in [1.82, 2.24) is 9.97 Å². The molecule has 0 aromatic carbocycles.